The molecular formula is C24H33BN2O3. The Morgan fingerprint density at radius 2 is 1.77 bits per heavy atom. The number of hydrogen-bond donors (Lipinski definition) is 0. The summed E-state index contributed by atoms with van der Waals surface area (Å²) in [4.78, 5) is 0. The highest BCUT2D eigenvalue weighted by atomic mass is 16.7. The Bertz CT molecular complexity index is 831. The molecule has 2 atom stereocenters. The number of benzene rings is 1. The van der Waals surface area contributed by atoms with Crippen LogP contribution in [0.15, 0.2) is 47.0 Å². The lowest BCUT2D eigenvalue weighted by Crippen LogP contribution is -2.41. The molecule has 3 heterocycles. The summed E-state index contributed by atoms with van der Waals surface area (Å²) in [6, 6.07) is 10.8. The quantitative estimate of drug-likeness (QED) is 0.679. The van der Waals surface area contributed by atoms with Crippen LogP contribution >= 0.6 is 0 Å². The van der Waals surface area contributed by atoms with Crippen molar-refractivity contribution in [1.82, 2.24) is 5.01 Å². The number of hydrazone groups is 1. The molecule has 6 heteroatoms. The Kier molecular flexibility index (Phi) is 5.07. The third-order valence-corrected chi connectivity index (χ3v) is 7.31. The normalized spacial score (nSPS) is 30.4. The van der Waals surface area contributed by atoms with Crippen LogP contribution < -0.4 is 0 Å². The largest absolute Gasteiger partial charge is 0.490 e. The van der Waals surface area contributed by atoms with Gasteiger partial charge in [-0.1, -0.05) is 36.4 Å². The number of ether oxygens (including phenoxy) is 1. The standard InChI is InChI=1S/C24H33BN2O3/c1-23(2)24(3,4)30-25(29-23)19-12-13-28-22(14-19)21-15-20(18-10-11-18)26-27(21)16-17-8-6-5-7-9-17/h5-9,14,18,21-22H,10-13,15-16H2,1-4H3. The van der Waals surface area contributed by atoms with E-state index < -0.39 is 0 Å². The molecule has 4 aliphatic rings. The molecule has 1 aromatic carbocycles. The predicted octanol–water partition coefficient (Wildman–Crippen LogP) is 4.37. The number of nitrogens with zero attached hydrogens (tertiary/aromatic N) is 2. The smallest absolute Gasteiger partial charge is 0.400 e. The Morgan fingerprint density at radius 1 is 1.07 bits per heavy atom. The zero-order valence-corrected chi connectivity index (χ0v) is 18.6. The highest BCUT2D eigenvalue weighted by Gasteiger charge is 2.53. The Balaban J connectivity index is 1.36. The summed E-state index contributed by atoms with van der Waals surface area (Å²) in [5.74, 6) is 0.684. The van der Waals surface area contributed by atoms with E-state index in [1.165, 1.54) is 29.6 Å². The molecule has 160 valence electrons. The van der Waals surface area contributed by atoms with Gasteiger partial charge in [-0.25, -0.2) is 0 Å². The van der Waals surface area contributed by atoms with Gasteiger partial charge in [-0.05, 0) is 63.9 Å². The first-order valence-electron chi connectivity index (χ1n) is 11.4. The summed E-state index contributed by atoms with van der Waals surface area (Å²) < 4.78 is 18.9. The zero-order chi connectivity index (χ0) is 20.9. The second-order valence-electron chi connectivity index (χ2n) is 10.1. The van der Waals surface area contributed by atoms with E-state index in [4.69, 9.17) is 19.1 Å². The van der Waals surface area contributed by atoms with Gasteiger partial charge in [-0.15, -0.1) is 0 Å². The molecule has 5 nitrogen and oxygen atoms in total. The highest BCUT2D eigenvalue weighted by molar-refractivity contribution is 6.54. The molecule has 5 rings (SSSR count). The van der Waals surface area contributed by atoms with E-state index in [-0.39, 0.29) is 30.5 Å². The molecule has 0 radical (unpaired) electrons. The van der Waals surface area contributed by atoms with Gasteiger partial charge in [0.25, 0.3) is 0 Å². The van der Waals surface area contributed by atoms with Crippen LogP contribution in [0.4, 0.5) is 0 Å². The topological polar surface area (TPSA) is 43.3 Å². The van der Waals surface area contributed by atoms with Crippen LogP contribution in [0.3, 0.4) is 0 Å². The third-order valence-electron chi connectivity index (χ3n) is 7.31. The molecule has 0 aromatic heterocycles. The van der Waals surface area contributed by atoms with Crippen LogP contribution in [-0.4, -0.2) is 47.8 Å². The molecule has 3 aliphatic heterocycles. The van der Waals surface area contributed by atoms with Gasteiger partial charge in [0.15, 0.2) is 0 Å². The second-order valence-corrected chi connectivity index (χ2v) is 10.1. The van der Waals surface area contributed by atoms with Gasteiger partial charge >= 0.3 is 7.12 Å². The number of rotatable bonds is 5. The average molecular weight is 408 g/mol. The first kappa shape index (κ1) is 20.3. The number of hydrogen-bond acceptors (Lipinski definition) is 5. The molecule has 2 fully saturated rings. The first-order valence-corrected chi connectivity index (χ1v) is 11.4. The lowest BCUT2D eigenvalue weighted by Gasteiger charge is -2.32. The van der Waals surface area contributed by atoms with E-state index in [0.717, 1.165) is 19.4 Å². The maximum absolute atomic E-state index is 6.32. The van der Waals surface area contributed by atoms with E-state index in [1.807, 2.05) is 0 Å². The van der Waals surface area contributed by atoms with Crippen molar-refractivity contribution in [3.05, 3.63) is 47.4 Å². The Hall–Kier alpha value is -1.63. The minimum absolute atomic E-state index is 0.0106. The maximum Gasteiger partial charge on any atom is 0.490 e. The summed E-state index contributed by atoms with van der Waals surface area (Å²) in [6.45, 7) is 9.96. The van der Waals surface area contributed by atoms with Gasteiger partial charge in [0.1, 0.15) is 0 Å². The van der Waals surface area contributed by atoms with Crippen LogP contribution in [0.2, 0.25) is 0 Å². The third kappa shape index (κ3) is 3.85. The summed E-state index contributed by atoms with van der Waals surface area (Å²) in [5.41, 5.74) is 3.22. The summed E-state index contributed by atoms with van der Waals surface area (Å²) in [6.07, 6.45) is 6.69. The van der Waals surface area contributed by atoms with Crippen molar-refractivity contribution in [3.8, 4) is 0 Å². The van der Waals surface area contributed by atoms with Crippen LogP contribution in [0.5, 0.6) is 0 Å². The van der Waals surface area contributed by atoms with Gasteiger partial charge < -0.3 is 14.0 Å². The molecule has 0 amide bonds. The van der Waals surface area contributed by atoms with Crippen molar-refractivity contribution in [3.63, 3.8) is 0 Å². The van der Waals surface area contributed by atoms with Crippen molar-refractivity contribution in [1.29, 1.82) is 0 Å². The monoisotopic (exact) mass is 408 g/mol. The molecule has 0 spiro atoms. The van der Waals surface area contributed by atoms with Crippen molar-refractivity contribution < 1.29 is 14.0 Å². The van der Waals surface area contributed by atoms with E-state index >= 15 is 0 Å². The molecule has 0 N–H and O–H groups in total. The van der Waals surface area contributed by atoms with E-state index in [0.29, 0.717) is 12.5 Å². The summed E-state index contributed by atoms with van der Waals surface area (Å²) >= 11 is 0. The minimum atomic E-state index is -0.318. The minimum Gasteiger partial charge on any atom is -0.400 e. The van der Waals surface area contributed by atoms with Crippen LogP contribution in [-0.2, 0) is 20.6 Å². The van der Waals surface area contributed by atoms with Crippen molar-refractivity contribution in [2.24, 2.45) is 11.0 Å². The van der Waals surface area contributed by atoms with E-state index in [1.54, 1.807) is 0 Å². The molecule has 0 bridgehead atoms. The predicted molar refractivity (Wildman–Crippen MR) is 119 cm³/mol. The van der Waals surface area contributed by atoms with Crippen molar-refractivity contribution in [2.75, 3.05) is 6.61 Å². The highest BCUT2D eigenvalue weighted by Crippen LogP contribution is 2.41. The Morgan fingerprint density at radius 3 is 2.43 bits per heavy atom. The zero-order valence-electron chi connectivity index (χ0n) is 18.6. The fourth-order valence-electron chi connectivity index (χ4n) is 4.54. The van der Waals surface area contributed by atoms with Gasteiger partial charge in [-0.2, -0.15) is 5.10 Å². The summed E-state index contributed by atoms with van der Waals surface area (Å²) in [5, 5.41) is 7.31. The lowest BCUT2D eigenvalue weighted by atomic mass is 9.74. The SMILES string of the molecule is CC1(C)OB(C2=CC(C3CC(C4CC4)=NN3Cc3ccccc3)OCC2)OC1(C)C. The maximum atomic E-state index is 6.32. The Labute approximate surface area is 180 Å². The molecule has 1 aliphatic carbocycles. The molecule has 1 saturated carbocycles. The van der Waals surface area contributed by atoms with Gasteiger partial charge in [0.05, 0.1) is 36.5 Å². The van der Waals surface area contributed by atoms with Crippen LogP contribution in [0, 0.1) is 5.92 Å². The fraction of sp³-hybridized carbons (Fsp3) is 0.625. The molecule has 30 heavy (non-hydrogen) atoms. The van der Waals surface area contributed by atoms with Crippen molar-refractivity contribution in [2.45, 2.75) is 83.3 Å². The van der Waals surface area contributed by atoms with E-state index in [9.17, 15) is 0 Å². The molecule has 1 aromatic rings. The molecule has 2 unspecified atom stereocenters. The summed E-state index contributed by atoms with van der Waals surface area (Å²) in [7, 11) is -0.283. The first-order chi connectivity index (χ1) is 14.3. The van der Waals surface area contributed by atoms with Crippen molar-refractivity contribution >= 4 is 12.8 Å². The van der Waals surface area contributed by atoms with Gasteiger partial charge in [0, 0.05) is 12.1 Å². The fourth-order valence-corrected chi connectivity index (χ4v) is 4.54. The van der Waals surface area contributed by atoms with E-state index in [2.05, 4.69) is 69.1 Å². The van der Waals surface area contributed by atoms with Crippen LogP contribution in [0.25, 0.3) is 0 Å². The van der Waals surface area contributed by atoms with Gasteiger partial charge in [0.2, 0.25) is 0 Å². The van der Waals surface area contributed by atoms with Crippen LogP contribution in [0.1, 0.15) is 58.9 Å². The second kappa shape index (κ2) is 7.50. The molecular weight excluding hydrogens is 375 g/mol. The van der Waals surface area contributed by atoms with Gasteiger partial charge in [-0.3, -0.25) is 5.01 Å². The molecule has 1 saturated heterocycles. The average Bonchev–Trinajstić information content (AvgIpc) is 3.44. The lowest BCUT2D eigenvalue weighted by molar-refractivity contribution is 0.00578.